The molecule has 0 saturated carbocycles. The Hall–Kier alpha value is -4.46. The Labute approximate surface area is 221 Å². The highest BCUT2D eigenvalue weighted by Crippen LogP contribution is 2.25. The Morgan fingerprint density at radius 2 is 1.79 bits per heavy atom. The monoisotopic (exact) mass is 513 g/mol. The van der Waals surface area contributed by atoms with Crippen LogP contribution in [0.4, 0.5) is 5.69 Å². The summed E-state index contributed by atoms with van der Waals surface area (Å²) < 4.78 is 7.29. The molecule has 0 aliphatic rings. The first-order valence-electron chi connectivity index (χ1n) is 12.7. The summed E-state index contributed by atoms with van der Waals surface area (Å²) in [6.45, 7) is 2.68. The van der Waals surface area contributed by atoms with Gasteiger partial charge in [-0.15, -0.1) is 0 Å². The lowest BCUT2D eigenvalue weighted by Crippen LogP contribution is -2.30. The van der Waals surface area contributed by atoms with Gasteiger partial charge in [-0.3, -0.25) is 19.7 Å². The number of benzene rings is 3. The molecule has 0 aliphatic carbocycles. The van der Waals surface area contributed by atoms with Gasteiger partial charge in [-0.25, -0.2) is 0 Å². The molecule has 1 amide bonds. The van der Waals surface area contributed by atoms with Gasteiger partial charge >= 0.3 is 5.97 Å². The quantitative estimate of drug-likeness (QED) is 0.148. The SMILES string of the molecule is CCOC(=O)CC(NC(=O)CCCc1cn(Cc2ccccc2)c2ccccc12)c1cccc([N+](=O)[O-])c1. The topological polar surface area (TPSA) is 103 Å². The maximum atomic E-state index is 12.9. The molecule has 0 aliphatic heterocycles. The van der Waals surface area contributed by atoms with Crippen molar-refractivity contribution in [1.29, 1.82) is 0 Å². The molecule has 0 fully saturated rings. The zero-order valence-corrected chi connectivity index (χ0v) is 21.3. The van der Waals surface area contributed by atoms with Gasteiger partial charge in [0.2, 0.25) is 5.91 Å². The first kappa shape index (κ1) is 26.6. The number of hydrogen-bond donors (Lipinski definition) is 1. The van der Waals surface area contributed by atoms with E-state index >= 15 is 0 Å². The summed E-state index contributed by atoms with van der Waals surface area (Å²) in [6.07, 6.45) is 3.64. The number of non-ortho nitro benzene ring substituents is 1. The molecule has 4 aromatic rings. The van der Waals surface area contributed by atoms with E-state index in [1.165, 1.54) is 28.6 Å². The smallest absolute Gasteiger partial charge is 0.308 e. The first-order valence-corrected chi connectivity index (χ1v) is 12.7. The minimum Gasteiger partial charge on any atom is -0.466 e. The van der Waals surface area contributed by atoms with Gasteiger partial charge in [-0.1, -0.05) is 60.7 Å². The lowest BCUT2D eigenvalue weighted by atomic mass is 10.0. The van der Waals surface area contributed by atoms with Crippen molar-refractivity contribution in [2.45, 2.75) is 45.2 Å². The Balaban J connectivity index is 1.42. The van der Waals surface area contributed by atoms with Crippen LogP contribution in [0, 0.1) is 10.1 Å². The number of nitrogens with one attached hydrogen (secondary N) is 1. The summed E-state index contributed by atoms with van der Waals surface area (Å²) in [7, 11) is 0. The van der Waals surface area contributed by atoms with Crippen LogP contribution in [0.1, 0.15) is 48.9 Å². The van der Waals surface area contributed by atoms with E-state index in [2.05, 4.69) is 40.3 Å². The Morgan fingerprint density at radius 3 is 2.55 bits per heavy atom. The summed E-state index contributed by atoms with van der Waals surface area (Å²) in [5.41, 5.74) is 3.93. The number of ether oxygens (including phenoxy) is 1. The average Bonchev–Trinajstić information content (AvgIpc) is 3.26. The second kappa shape index (κ2) is 12.7. The number of para-hydroxylation sites is 1. The van der Waals surface area contributed by atoms with Crippen LogP contribution in [0.3, 0.4) is 0 Å². The van der Waals surface area contributed by atoms with E-state index in [1.807, 2.05) is 30.3 Å². The van der Waals surface area contributed by atoms with Crippen molar-refractivity contribution >= 4 is 28.5 Å². The first-order chi connectivity index (χ1) is 18.4. The van der Waals surface area contributed by atoms with Gasteiger partial charge in [0.05, 0.1) is 24.0 Å². The third-order valence-corrected chi connectivity index (χ3v) is 6.41. The van der Waals surface area contributed by atoms with Crippen molar-refractivity contribution < 1.29 is 19.2 Å². The highest BCUT2D eigenvalue weighted by atomic mass is 16.6. The number of rotatable bonds is 12. The van der Waals surface area contributed by atoms with Crippen LogP contribution in [-0.4, -0.2) is 28.0 Å². The molecule has 196 valence electrons. The van der Waals surface area contributed by atoms with Crippen molar-refractivity contribution in [1.82, 2.24) is 9.88 Å². The molecular formula is C30H31N3O5. The number of carbonyl (C=O) groups is 2. The Bertz CT molecular complexity index is 1410. The largest absolute Gasteiger partial charge is 0.466 e. The fourth-order valence-electron chi connectivity index (χ4n) is 4.63. The Morgan fingerprint density at radius 1 is 1.03 bits per heavy atom. The number of nitro benzene ring substituents is 1. The van der Waals surface area contributed by atoms with Crippen LogP contribution in [0.25, 0.3) is 10.9 Å². The van der Waals surface area contributed by atoms with Gasteiger partial charge in [0, 0.05) is 42.2 Å². The highest BCUT2D eigenvalue weighted by Gasteiger charge is 2.21. The molecule has 0 spiro atoms. The van der Waals surface area contributed by atoms with Crippen molar-refractivity contribution in [2.24, 2.45) is 0 Å². The molecule has 0 radical (unpaired) electrons. The third kappa shape index (κ3) is 6.85. The maximum Gasteiger partial charge on any atom is 0.308 e. The predicted molar refractivity (Wildman–Crippen MR) is 146 cm³/mol. The number of amides is 1. The van der Waals surface area contributed by atoms with E-state index < -0.39 is 16.9 Å². The number of hydrogen-bond acceptors (Lipinski definition) is 5. The van der Waals surface area contributed by atoms with Crippen LogP contribution >= 0.6 is 0 Å². The predicted octanol–water partition coefficient (Wildman–Crippen LogP) is 5.73. The number of aromatic nitrogens is 1. The van der Waals surface area contributed by atoms with Gasteiger partial charge in [-0.05, 0) is 42.5 Å². The molecule has 38 heavy (non-hydrogen) atoms. The van der Waals surface area contributed by atoms with E-state index in [1.54, 1.807) is 19.1 Å². The van der Waals surface area contributed by atoms with Crippen LogP contribution < -0.4 is 5.32 Å². The minimum atomic E-state index is -0.714. The second-order valence-corrected chi connectivity index (χ2v) is 9.12. The van der Waals surface area contributed by atoms with E-state index in [-0.39, 0.29) is 31.0 Å². The molecule has 3 aromatic carbocycles. The van der Waals surface area contributed by atoms with Crippen molar-refractivity contribution in [3.05, 3.63) is 112 Å². The van der Waals surface area contributed by atoms with Crippen LogP contribution in [-0.2, 0) is 27.3 Å². The van der Waals surface area contributed by atoms with Crippen molar-refractivity contribution in [3.63, 3.8) is 0 Å². The van der Waals surface area contributed by atoms with Crippen LogP contribution in [0.5, 0.6) is 0 Å². The van der Waals surface area contributed by atoms with Crippen LogP contribution in [0.2, 0.25) is 0 Å². The van der Waals surface area contributed by atoms with Crippen molar-refractivity contribution in [3.8, 4) is 0 Å². The molecule has 1 aromatic heterocycles. The molecule has 8 nitrogen and oxygen atoms in total. The van der Waals surface area contributed by atoms with E-state index in [4.69, 9.17) is 4.74 Å². The van der Waals surface area contributed by atoms with E-state index in [0.29, 0.717) is 12.0 Å². The number of nitrogens with zero attached hydrogens (tertiary/aromatic N) is 2. The molecule has 1 unspecified atom stereocenters. The lowest BCUT2D eigenvalue weighted by molar-refractivity contribution is -0.384. The fourth-order valence-corrected chi connectivity index (χ4v) is 4.63. The standard InChI is InChI=1S/C30H31N3O5/c1-2-38-30(35)19-27(23-12-8-14-25(18-23)33(36)37)31-29(34)17-9-13-24-21-32(20-22-10-4-3-5-11-22)28-16-7-6-15-26(24)28/h3-8,10-12,14-16,18,21,27H,2,9,13,17,19-20H2,1H3,(H,31,34). The minimum absolute atomic E-state index is 0.0995. The fraction of sp³-hybridized carbons (Fsp3) is 0.267. The summed E-state index contributed by atoms with van der Waals surface area (Å²) in [5.74, 6) is -0.700. The number of carbonyl (C=O) groups excluding carboxylic acids is 2. The molecule has 8 heteroatoms. The third-order valence-electron chi connectivity index (χ3n) is 6.41. The molecule has 1 heterocycles. The van der Waals surface area contributed by atoms with Gasteiger partial charge in [0.1, 0.15) is 0 Å². The van der Waals surface area contributed by atoms with Crippen LogP contribution in [0.15, 0.2) is 85.1 Å². The molecular weight excluding hydrogens is 482 g/mol. The maximum absolute atomic E-state index is 12.9. The summed E-state index contributed by atoms with van der Waals surface area (Å²) in [5, 5.41) is 15.3. The lowest BCUT2D eigenvalue weighted by Gasteiger charge is -2.18. The summed E-state index contributed by atoms with van der Waals surface area (Å²) >= 11 is 0. The van der Waals surface area contributed by atoms with E-state index in [9.17, 15) is 19.7 Å². The summed E-state index contributed by atoms with van der Waals surface area (Å²) in [4.78, 5) is 35.8. The molecule has 0 bridgehead atoms. The molecule has 1 atom stereocenters. The zero-order chi connectivity index (χ0) is 26.9. The number of esters is 1. The van der Waals surface area contributed by atoms with Gasteiger partial charge in [0.15, 0.2) is 0 Å². The van der Waals surface area contributed by atoms with Gasteiger partial charge in [0.25, 0.3) is 5.69 Å². The molecule has 4 rings (SSSR count). The number of fused-ring (bicyclic) bond motifs is 1. The molecule has 1 N–H and O–H groups in total. The van der Waals surface area contributed by atoms with Gasteiger partial charge in [-0.2, -0.15) is 0 Å². The second-order valence-electron chi connectivity index (χ2n) is 9.12. The number of nitro groups is 1. The van der Waals surface area contributed by atoms with Crippen molar-refractivity contribution in [2.75, 3.05) is 6.61 Å². The van der Waals surface area contributed by atoms with E-state index in [0.717, 1.165) is 18.5 Å². The molecule has 0 saturated heterocycles. The Kier molecular flexibility index (Phi) is 8.87. The zero-order valence-electron chi connectivity index (χ0n) is 21.3. The average molecular weight is 514 g/mol. The highest BCUT2D eigenvalue weighted by molar-refractivity contribution is 5.84. The summed E-state index contributed by atoms with van der Waals surface area (Å²) in [6, 6.07) is 23.8. The van der Waals surface area contributed by atoms with Gasteiger partial charge < -0.3 is 14.6 Å². The number of aryl methyl sites for hydroxylation is 1. The normalized spacial score (nSPS) is 11.7.